The Morgan fingerprint density at radius 1 is 1.19 bits per heavy atom. The average Bonchev–Trinajstić information content (AvgIpc) is 2.43. The summed E-state index contributed by atoms with van der Waals surface area (Å²) < 4.78 is 12.3. The first kappa shape index (κ1) is 16.3. The first-order valence-corrected chi connectivity index (χ1v) is 7.97. The van der Waals surface area contributed by atoms with Gasteiger partial charge in [-0.2, -0.15) is 0 Å². The lowest BCUT2D eigenvalue weighted by Crippen LogP contribution is -2.17. The number of aryl methyl sites for hydroxylation is 1. The van der Waals surface area contributed by atoms with Crippen molar-refractivity contribution in [2.45, 2.75) is 6.92 Å². The van der Waals surface area contributed by atoms with Gasteiger partial charge in [0.25, 0.3) is 0 Å². The summed E-state index contributed by atoms with van der Waals surface area (Å²) in [6, 6.07) is 10.5. The van der Waals surface area contributed by atoms with E-state index in [-0.39, 0.29) is 6.61 Å². The maximum atomic E-state index is 11.7. The van der Waals surface area contributed by atoms with Gasteiger partial charge in [-0.05, 0) is 48.9 Å². The molecule has 0 aliphatic heterocycles. The quantitative estimate of drug-likeness (QED) is 0.493. The van der Waals surface area contributed by atoms with Crippen molar-refractivity contribution >= 4 is 49.4 Å². The van der Waals surface area contributed by atoms with Gasteiger partial charge in [0, 0.05) is 8.95 Å². The topological polar surface area (TPSA) is 35.5 Å². The van der Waals surface area contributed by atoms with Gasteiger partial charge in [0.05, 0.1) is 5.02 Å². The van der Waals surface area contributed by atoms with Crippen molar-refractivity contribution in [2.24, 2.45) is 0 Å². The summed E-state index contributed by atoms with van der Waals surface area (Å²) in [5.41, 5.74) is 1.02. The van der Waals surface area contributed by atoms with Gasteiger partial charge >= 0.3 is 5.97 Å². The molecule has 0 aliphatic carbocycles. The molecule has 3 nitrogen and oxygen atoms in total. The molecule has 21 heavy (non-hydrogen) atoms. The van der Waals surface area contributed by atoms with Crippen LogP contribution in [-0.2, 0) is 4.79 Å². The third-order valence-electron chi connectivity index (χ3n) is 2.60. The number of carbonyl (C=O) groups is 1. The number of ether oxygens (including phenoxy) is 2. The van der Waals surface area contributed by atoms with Crippen molar-refractivity contribution in [3.8, 4) is 11.5 Å². The van der Waals surface area contributed by atoms with E-state index >= 15 is 0 Å². The fourth-order valence-electron chi connectivity index (χ4n) is 1.56. The molecule has 0 heterocycles. The van der Waals surface area contributed by atoms with Crippen molar-refractivity contribution in [1.29, 1.82) is 0 Å². The van der Waals surface area contributed by atoms with E-state index in [4.69, 9.17) is 21.1 Å². The summed E-state index contributed by atoms with van der Waals surface area (Å²) in [7, 11) is 0. The fourth-order valence-corrected chi connectivity index (χ4v) is 2.52. The van der Waals surface area contributed by atoms with Gasteiger partial charge in [-0.3, -0.25) is 0 Å². The highest BCUT2D eigenvalue weighted by Gasteiger charge is 2.10. The molecule has 110 valence electrons. The van der Waals surface area contributed by atoms with E-state index in [0.717, 1.165) is 14.5 Å². The van der Waals surface area contributed by atoms with Crippen LogP contribution in [0.1, 0.15) is 5.56 Å². The smallest absolute Gasteiger partial charge is 0.349 e. The van der Waals surface area contributed by atoms with E-state index in [9.17, 15) is 4.79 Å². The molecule has 0 amide bonds. The number of hydrogen-bond acceptors (Lipinski definition) is 3. The van der Waals surface area contributed by atoms with Crippen molar-refractivity contribution in [3.63, 3.8) is 0 Å². The number of esters is 1. The molecule has 0 aromatic heterocycles. The Balaban J connectivity index is 1.94. The van der Waals surface area contributed by atoms with Crippen LogP contribution in [0.5, 0.6) is 11.5 Å². The van der Waals surface area contributed by atoms with Crippen molar-refractivity contribution < 1.29 is 14.3 Å². The second kappa shape index (κ2) is 7.29. The van der Waals surface area contributed by atoms with Gasteiger partial charge in [-0.25, -0.2) is 4.79 Å². The summed E-state index contributed by atoms with van der Waals surface area (Å²) in [4.78, 5) is 11.7. The molecule has 0 saturated carbocycles. The number of carbonyl (C=O) groups excluding carboxylic acids is 1. The molecule has 6 heteroatoms. The van der Waals surface area contributed by atoms with Gasteiger partial charge in [0.2, 0.25) is 0 Å². The molecule has 0 aliphatic rings. The largest absolute Gasteiger partial charge is 0.482 e. The van der Waals surface area contributed by atoms with Crippen LogP contribution in [-0.4, -0.2) is 12.6 Å². The van der Waals surface area contributed by atoms with Crippen LogP contribution in [0.25, 0.3) is 0 Å². The molecule has 2 rings (SSSR count). The fraction of sp³-hybridized carbons (Fsp3) is 0.133. The molecular formula is C15H11Br2ClO3. The number of rotatable bonds is 4. The number of benzene rings is 2. The maximum absolute atomic E-state index is 11.7. The van der Waals surface area contributed by atoms with E-state index in [2.05, 4.69) is 31.9 Å². The zero-order chi connectivity index (χ0) is 15.4. The molecule has 0 bridgehead atoms. The van der Waals surface area contributed by atoms with E-state index in [1.807, 2.05) is 19.1 Å². The predicted molar refractivity (Wildman–Crippen MR) is 89.2 cm³/mol. The summed E-state index contributed by atoms with van der Waals surface area (Å²) >= 11 is 12.7. The molecule has 2 aromatic rings. The Morgan fingerprint density at radius 3 is 2.62 bits per heavy atom. The standard InChI is InChI=1S/C15H11Br2ClO3/c1-9-6-11(3-4-12(9)17)20-8-15(19)21-14-5-2-10(16)7-13(14)18/h2-7H,8H2,1H3. The molecule has 0 spiro atoms. The molecule has 0 N–H and O–H groups in total. The van der Waals surface area contributed by atoms with Gasteiger partial charge < -0.3 is 9.47 Å². The molecule has 0 fully saturated rings. The van der Waals surface area contributed by atoms with Crippen LogP contribution in [0.2, 0.25) is 5.02 Å². The SMILES string of the molecule is Cc1cc(OCC(=O)Oc2ccc(Br)cc2Cl)ccc1Br. The maximum Gasteiger partial charge on any atom is 0.349 e. The molecule has 0 unspecified atom stereocenters. The normalized spacial score (nSPS) is 10.3. The third kappa shape index (κ3) is 4.73. The minimum absolute atomic E-state index is 0.187. The predicted octanol–water partition coefficient (Wildman–Crippen LogP) is 5.16. The first-order chi connectivity index (χ1) is 9.95. The lowest BCUT2D eigenvalue weighted by atomic mass is 10.2. The van der Waals surface area contributed by atoms with Gasteiger partial charge in [0.1, 0.15) is 11.5 Å². The van der Waals surface area contributed by atoms with Crippen LogP contribution < -0.4 is 9.47 Å². The van der Waals surface area contributed by atoms with Crippen molar-refractivity contribution in [3.05, 3.63) is 55.9 Å². The lowest BCUT2D eigenvalue weighted by molar-refractivity contribution is -0.136. The molecule has 2 aromatic carbocycles. The van der Waals surface area contributed by atoms with Crippen LogP contribution >= 0.6 is 43.5 Å². The van der Waals surface area contributed by atoms with Gasteiger partial charge in [0.15, 0.2) is 6.61 Å². The Kier molecular flexibility index (Phi) is 5.67. The van der Waals surface area contributed by atoms with Gasteiger partial charge in [-0.15, -0.1) is 0 Å². The summed E-state index contributed by atoms with van der Waals surface area (Å²) in [5.74, 6) is 0.398. The molecule has 0 radical (unpaired) electrons. The number of hydrogen-bond donors (Lipinski definition) is 0. The first-order valence-electron chi connectivity index (χ1n) is 6.00. The van der Waals surface area contributed by atoms with E-state index in [1.165, 1.54) is 0 Å². The molecular weight excluding hydrogens is 423 g/mol. The average molecular weight is 435 g/mol. The lowest BCUT2D eigenvalue weighted by Gasteiger charge is -2.09. The number of halogens is 3. The molecule has 0 saturated heterocycles. The Hall–Kier alpha value is -1.04. The minimum atomic E-state index is -0.514. The zero-order valence-corrected chi connectivity index (χ0v) is 15.0. The van der Waals surface area contributed by atoms with E-state index < -0.39 is 5.97 Å². The zero-order valence-electron chi connectivity index (χ0n) is 11.0. The van der Waals surface area contributed by atoms with Crippen LogP contribution in [0.4, 0.5) is 0 Å². The minimum Gasteiger partial charge on any atom is -0.482 e. The summed E-state index contributed by atoms with van der Waals surface area (Å²) in [6.07, 6.45) is 0. The van der Waals surface area contributed by atoms with Crippen molar-refractivity contribution in [2.75, 3.05) is 6.61 Å². The van der Waals surface area contributed by atoms with Crippen LogP contribution in [0.15, 0.2) is 45.3 Å². The van der Waals surface area contributed by atoms with E-state index in [1.54, 1.807) is 24.3 Å². The second-order valence-electron chi connectivity index (χ2n) is 4.25. The molecule has 0 atom stereocenters. The summed E-state index contributed by atoms with van der Waals surface area (Å²) in [5, 5.41) is 0.359. The monoisotopic (exact) mass is 432 g/mol. The van der Waals surface area contributed by atoms with Gasteiger partial charge in [-0.1, -0.05) is 43.5 Å². The van der Waals surface area contributed by atoms with Crippen LogP contribution in [0.3, 0.4) is 0 Å². The summed E-state index contributed by atoms with van der Waals surface area (Å²) in [6.45, 7) is 1.75. The highest BCUT2D eigenvalue weighted by molar-refractivity contribution is 9.10. The highest BCUT2D eigenvalue weighted by atomic mass is 79.9. The second-order valence-corrected chi connectivity index (χ2v) is 6.43. The van der Waals surface area contributed by atoms with E-state index in [0.29, 0.717) is 16.5 Å². The highest BCUT2D eigenvalue weighted by Crippen LogP contribution is 2.28. The van der Waals surface area contributed by atoms with Crippen molar-refractivity contribution in [1.82, 2.24) is 0 Å². The Morgan fingerprint density at radius 2 is 1.95 bits per heavy atom. The third-order valence-corrected chi connectivity index (χ3v) is 4.28. The van der Waals surface area contributed by atoms with Crippen LogP contribution in [0, 0.1) is 6.92 Å². The Bertz CT molecular complexity index is 674. The Labute approximate surface area is 144 Å².